The summed E-state index contributed by atoms with van der Waals surface area (Å²) >= 11 is 0. The first kappa shape index (κ1) is 11.7. The zero-order valence-electron chi connectivity index (χ0n) is 10.5. The van der Waals surface area contributed by atoms with Crippen LogP contribution in [-0.2, 0) is 11.2 Å². The molecule has 0 bridgehead atoms. The smallest absolute Gasteiger partial charge is 0.331 e. The molecule has 0 aromatic heterocycles. The van der Waals surface area contributed by atoms with Gasteiger partial charge in [-0.15, -0.1) is 0 Å². The van der Waals surface area contributed by atoms with Crippen LogP contribution in [0, 0.1) is 0 Å². The van der Waals surface area contributed by atoms with E-state index in [2.05, 4.69) is 30.3 Å². The van der Waals surface area contributed by atoms with Crippen molar-refractivity contribution in [1.82, 2.24) is 0 Å². The Balaban J connectivity index is 2.05. The number of carbonyl (C=O) groups is 1. The standard InChI is InChI=1S/C17H14O2/c18-17(19)15-9-7-13-6-8-14(10-16(13)11-15)12-4-2-1-3-5-12/h1-6,8,10-11H,7,9H2,(H,18,19). The van der Waals surface area contributed by atoms with E-state index in [-0.39, 0.29) is 0 Å². The molecule has 3 rings (SSSR count). The van der Waals surface area contributed by atoms with E-state index in [4.69, 9.17) is 5.11 Å². The van der Waals surface area contributed by atoms with Crippen molar-refractivity contribution in [1.29, 1.82) is 0 Å². The van der Waals surface area contributed by atoms with Crippen LogP contribution in [-0.4, -0.2) is 11.1 Å². The van der Waals surface area contributed by atoms with E-state index in [0.717, 1.165) is 23.1 Å². The van der Waals surface area contributed by atoms with Crippen molar-refractivity contribution < 1.29 is 9.90 Å². The van der Waals surface area contributed by atoms with E-state index in [1.807, 2.05) is 18.2 Å². The van der Waals surface area contributed by atoms with Crippen LogP contribution in [0.2, 0.25) is 0 Å². The van der Waals surface area contributed by atoms with Crippen LogP contribution in [0.1, 0.15) is 17.5 Å². The predicted molar refractivity (Wildman–Crippen MR) is 75.8 cm³/mol. The van der Waals surface area contributed by atoms with Gasteiger partial charge in [0, 0.05) is 5.57 Å². The molecule has 0 fully saturated rings. The van der Waals surface area contributed by atoms with Gasteiger partial charge in [-0.25, -0.2) is 4.79 Å². The van der Waals surface area contributed by atoms with Crippen LogP contribution in [0.4, 0.5) is 0 Å². The largest absolute Gasteiger partial charge is 0.478 e. The Morgan fingerprint density at radius 2 is 1.74 bits per heavy atom. The SMILES string of the molecule is O=C(O)C1=Cc2cc(-c3ccccc3)ccc2CC1. The molecule has 0 radical (unpaired) electrons. The molecule has 1 N–H and O–H groups in total. The molecule has 0 heterocycles. The summed E-state index contributed by atoms with van der Waals surface area (Å²) in [5, 5.41) is 9.08. The lowest BCUT2D eigenvalue weighted by molar-refractivity contribution is -0.132. The number of benzene rings is 2. The Bertz CT molecular complexity index is 654. The molecule has 0 spiro atoms. The number of carboxylic acids is 1. The first-order valence-electron chi connectivity index (χ1n) is 6.36. The Labute approximate surface area is 112 Å². The molecule has 1 aliphatic rings. The summed E-state index contributed by atoms with van der Waals surface area (Å²) in [5.74, 6) is -0.809. The second kappa shape index (κ2) is 4.73. The fourth-order valence-electron chi connectivity index (χ4n) is 2.47. The normalized spacial score (nSPS) is 13.6. The first-order chi connectivity index (χ1) is 9.24. The fraction of sp³-hybridized carbons (Fsp3) is 0.118. The van der Waals surface area contributed by atoms with Gasteiger partial charge in [0.2, 0.25) is 0 Å². The maximum atomic E-state index is 11.1. The highest BCUT2D eigenvalue weighted by Crippen LogP contribution is 2.28. The van der Waals surface area contributed by atoms with E-state index in [0.29, 0.717) is 12.0 Å². The zero-order valence-corrected chi connectivity index (χ0v) is 10.5. The lowest BCUT2D eigenvalue weighted by Gasteiger charge is -2.15. The van der Waals surface area contributed by atoms with Crippen LogP contribution < -0.4 is 0 Å². The molecule has 0 saturated heterocycles. The lowest BCUT2D eigenvalue weighted by Crippen LogP contribution is -2.07. The second-order valence-corrected chi connectivity index (χ2v) is 4.75. The Morgan fingerprint density at radius 3 is 2.47 bits per heavy atom. The summed E-state index contributed by atoms with van der Waals surface area (Å²) in [7, 11) is 0. The summed E-state index contributed by atoms with van der Waals surface area (Å²) < 4.78 is 0. The van der Waals surface area contributed by atoms with Gasteiger partial charge in [0.05, 0.1) is 0 Å². The minimum absolute atomic E-state index is 0.498. The predicted octanol–water partition coefficient (Wildman–Crippen LogP) is 3.77. The molecule has 2 heteroatoms. The fourth-order valence-corrected chi connectivity index (χ4v) is 2.47. The summed E-state index contributed by atoms with van der Waals surface area (Å²) in [5.41, 5.74) is 5.04. The summed E-state index contributed by atoms with van der Waals surface area (Å²) in [6, 6.07) is 16.4. The van der Waals surface area contributed by atoms with Gasteiger partial charge < -0.3 is 5.11 Å². The molecule has 2 nitrogen and oxygen atoms in total. The van der Waals surface area contributed by atoms with E-state index in [1.54, 1.807) is 6.08 Å². The number of fused-ring (bicyclic) bond motifs is 1. The monoisotopic (exact) mass is 250 g/mol. The summed E-state index contributed by atoms with van der Waals surface area (Å²) in [6.07, 6.45) is 3.23. The Hall–Kier alpha value is -2.35. The van der Waals surface area contributed by atoms with Gasteiger partial charge in [0.25, 0.3) is 0 Å². The van der Waals surface area contributed by atoms with Gasteiger partial charge in [-0.3, -0.25) is 0 Å². The molecule has 2 aromatic carbocycles. The van der Waals surface area contributed by atoms with Gasteiger partial charge >= 0.3 is 5.97 Å². The van der Waals surface area contributed by atoms with Gasteiger partial charge in [0.1, 0.15) is 0 Å². The number of aryl methyl sites for hydroxylation is 1. The summed E-state index contributed by atoms with van der Waals surface area (Å²) in [6.45, 7) is 0. The van der Waals surface area contributed by atoms with Crippen LogP contribution in [0.3, 0.4) is 0 Å². The highest BCUT2D eigenvalue weighted by Gasteiger charge is 2.15. The molecule has 94 valence electrons. The van der Waals surface area contributed by atoms with E-state index in [1.165, 1.54) is 5.56 Å². The third-order valence-electron chi connectivity index (χ3n) is 3.52. The second-order valence-electron chi connectivity index (χ2n) is 4.75. The summed E-state index contributed by atoms with van der Waals surface area (Å²) in [4.78, 5) is 11.1. The van der Waals surface area contributed by atoms with E-state index < -0.39 is 5.97 Å². The maximum absolute atomic E-state index is 11.1. The number of hydrogen-bond donors (Lipinski definition) is 1. The molecule has 0 saturated carbocycles. The van der Waals surface area contributed by atoms with Crippen LogP contribution in [0.15, 0.2) is 54.1 Å². The highest BCUT2D eigenvalue weighted by atomic mass is 16.4. The number of aliphatic carboxylic acids is 1. The minimum Gasteiger partial charge on any atom is -0.478 e. The number of hydrogen-bond acceptors (Lipinski definition) is 1. The number of rotatable bonds is 2. The molecule has 0 aliphatic heterocycles. The van der Waals surface area contributed by atoms with Gasteiger partial charge in [-0.05, 0) is 47.2 Å². The van der Waals surface area contributed by atoms with Crippen molar-refractivity contribution in [3.8, 4) is 11.1 Å². The van der Waals surface area contributed by atoms with E-state index >= 15 is 0 Å². The molecular weight excluding hydrogens is 236 g/mol. The third kappa shape index (κ3) is 2.29. The minimum atomic E-state index is -0.809. The third-order valence-corrected chi connectivity index (χ3v) is 3.52. The van der Waals surface area contributed by atoms with E-state index in [9.17, 15) is 4.79 Å². The van der Waals surface area contributed by atoms with Crippen molar-refractivity contribution >= 4 is 12.0 Å². The number of carboxylic acid groups (broad SMARTS) is 1. The van der Waals surface area contributed by atoms with Crippen molar-refractivity contribution in [2.75, 3.05) is 0 Å². The zero-order chi connectivity index (χ0) is 13.2. The van der Waals surface area contributed by atoms with Gasteiger partial charge in [-0.2, -0.15) is 0 Å². The maximum Gasteiger partial charge on any atom is 0.331 e. The Morgan fingerprint density at radius 1 is 0.947 bits per heavy atom. The Kier molecular flexibility index (Phi) is 2.92. The van der Waals surface area contributed by atoms with Crippen LogP contribution in [0.25, 0.3) is 17.2 Å². The highest BCUT2D eigenvalue weighted by molar-refractivity contribution is 5.93. The molecule has 19 heavy (non-hydrogen) atoms. The molecule has 0 amide bonds. The molecule has 2 aromatic rings. The van der Waals surface area contributed by atoms with Crippen molar-refractivity contribution in [3.05, 3.63) is 65.2 Å². The average molecular weight is 250 g/mol. The quantitative estimate of drug-likeness (QED) is 0.881. The van der Waals surface area contributed by atoms with Crippen molar-refractivity contribution in [3.63, 3.8) is 0 Å². The molecule has 0 atom stereocenters. The van der Waals surface area contributed by atoms with Gasteiger partial charge in [0.15, 0.2) is 0 Å². The molecule has 0 unspecified atom stereocenters. The lowest BCUT2D eigenvalue weighted by atomic mass is 9.90. The van der Waals surface area contributed by atoms with Crippen LogP contribution in [0.5, 0.6) is 0 Å². The van der Waals surface area contributed by atoms with Crippen molar-refractivity contribution in [2.45, 2.75) is 12.8 Å². The molecule has 1 aliphatic carbocycles. The van der Waals surface area contributed by atoms with Gasteiger partial charge in [-0.1, -0.05) is 42.5 Å². The first-order valence-corrected chi connectivity index (χ1v) is 6.36. The topological polar surface area (TPSA) is 37.3 Å². The van der Waals surface area contributed by atoms with Crippen LogP contribution >= 0.6 is 0 Å². The molecular formula is C17H14O2. The average Bonchev–Trinajstić information content (AvgIpc) is 2.47. The van der Waals surface area contributed by atoms with Crippen molar-refractivity contribution in [2.24, 2.45) is 0 Å².